The summed E-state index contributed by atoms with van der Waals surface area (Å²) in [5.74, 6) is 0. The molecule has 0 spiro atoms. The summed E-state index contributed by atoms with van der Waals surface area (Å²) in [5.41, 5.74) is 4.17. The van der Waals surface area contributed by atoms with Gasteiger partial charge in [-0.05, 0) is 24.3 Å². The van der Waals surface area contributed by atoms with Crippen molar-refractivity contribution in [2.45, 2.75) is 6.67 Å². The summed E-state index contributed by atoms with van der Waals surface area (Å²) in [6, 6.07) is 20.3. The molecule has 0 fully saturated rings. The van der Waals surface area contributed by atoms with E-state index >= 15 is 0 Å². The maximum atomic E-state index is 4.69. The zero-order chi connectivity index (χ0) is 17.2. The summed E-state index contributed by atoms with van der Waals surface area (Å²) in [4.78, 5) is 0. The third-order valence-electron chi connectivity index (χ3n) is 3.94. The fraction of sp³-hybridized carbons (Fsp3) is 0.0526. The van der Waals surface area contributed by atoms with Crippen molar-refractivity contribution in [1.82, 2.24) is 19.6 Å². The van der Waals surface area contributed by atoms with Gasteiger partial charge in [-0.3, -0.25) is 4.68 Å². The fourth-order valence-corrected chi connectivity index (χ4v) is 3.71. The second kappa shape index (κ2) is 6.98. The zero-order valence-corrected chi connectivity index (χ0v) is 16.4. The maximum absolute atomic E-state index is 4.69. The number of benzene rings is 2. The van der Waals surface area contributed by atoms with Crippen molar-refractivity contribution in [2.75, 3.05) is 0 Å². The van der Waals surface area contributed by atoms with Crippen LogP contribution in [0.15, 0.2) is 82.0 Å². The predicted molar refractivity (Wildman–Crippen MR) is 106 cm³/mol. The molecule has 0 atom stereocenters. The summed E-state index contributed by atoms with van der Waals surface area (Å²) >= 11 is 7.19. The van der Waals surface area contributed by atoms with Crippen LogP contribution in [0.3, 0.4) is 0 Å². The molecule has 0 saturated heterocycles. The largest absolute Gasteiger partial charge is 0.250 e. The van der Waals surface area contributed by atoms with Crippen molar-refractivity contribution in [3.63, 3.8) is 0 Å². The summed E-state index contributed by atoms with van der Waals surface area (Å²) in [6.07, 6.45) is 3.78. The molecule has 2 aromatic heterocycles. The number of rotatable bonds is 4. The second-order valence-electron chi connectivity index (χ2n) is 5.56. The van der Waals surface area contributed by atoms with Gasteiger partial charge in [0.15, 0.2) is 0 Å². The predicted octanol–water partition coefficient (Wildman–Crippen LogP) is 5.44. The molecule has 124 valence electrons. The van der Waals surface area contributed by atoms with E-state index in [2.05, 4.69) is 54.2 Å². The lowest BCUT2D eigenvalue weighted by molar-refractivity contribution is 0.508. The molecule has 0 aliphatic rings. The molecule has 2 heterocycles. The van der Waals surface area contributed by atoms with Crippen LogP contribution in [0.4, 0.5) is 0 Å². The Morgan fingerprint density at radius 1 is 0.800 bits per heavy atom. The number of hydrogen-bond acceptors (Lipinski definition) is 2. The highest BCUT2D eigenvalue weighted by Crippen LogP contribution is 2.28. The van der Waals surface area contributed by atoms with Gasteiger partial charge in [0.05, 0.1) is 11.4 Å². The van der Waals surface area contributed by atoms with Crippen molar-refractivity contribution in [1.29, 1.82) is 0 Å². The van der Waals surface area contributed by atoms with E-state index in [0.29, 0.717) is 6.67 Å². The lowest BCUT2D eigenvalue weighted by Crippen LogP contribution is -2.11. The second-order valence-corrected chi connectivity index (χ2v) is 7.27. The van der Waals surface area contributed by atoms with Crippen LogP contribution in [0.1, 0.15) is 0 Å². The molecular weight excluding hydrogens is 444 g/mol. The van der Waals surface area contributed by atoms with Crippen molar-refractivity contribution < 1.29 is 0 Å². The first-order valence-electron chi connectivity index (χ1n) is 7.77. The SMILES string of the molecule is Brc1ccccc1-c1ccn(Cn2nccc2-c2ccccc2Br)n1. The van der Waals surface area contributed by atoms with Crippen LogP contribution in [-0.2, 0) is 6.67 Å². The van der Waals surface area contributed by atoms with E-state index in [1.54, 1.807) is 0 Å². The topological polar surface area (TPSA) is 35.6 Å². The van der Waals surface area contributed by atoms with Crippen LogP contribution in [0, 0.1) is 0 Å². The first-order chi connectivity index (χ1) is 12.2. The summed E-state index contributed by atoms with van der Waals surface area (Å²) < 4.78 is 5.92. The Labute approximate surface area is 162 Å². The molecule has 4 rings (SSSR count). The molecule has 25 heavy (non-hydrogen) atoms. The Morgan fingerprint density at radius 2 is 1.48 bits per heavy atom. The van der Waals surface area contributed by atoms with Gasteiger partial charge in [-0.15, -0.1) is 0 Å². The minimum absolute atomic E-state index is 0.550. The van der Waals surface area contributed by atoms with Gasteiger partial charge in [0.2, 0.25) is 0 Å². The summed E-state index contributed by atoms with van der Waals surface area (Å²) in [7, 11) is 0. The molecule has 0 bridgehead atoms. The van der Waals surface area contributed by atoms with E-state index in [1.807, 2.05) is 70.3 Å². The van der Waals surface area contributed by atoms with Gasteiger partial charge in [-0.1, -0.05) is 68.3 Å². The van der Waals surface area contributed by atoms with Crippen LogP contribution in [-0.4, -0.2) is 19.6 Å². The average Bonchev–Trinajstić information content (AvgIpc) is 3.26. The summed E-state index contributed by atoms with van der Waals surface area (Å²) in [5, 5.41) is 9.14. The first-order valence-corrected chi connectivity index (χ1v) is 9.36. The molecule has 0 amide bonds. The van der Waals surface area contributed by atoms with Gasteiger partial charge in [-0.2, -0.15) is 10.2 Å². The normalized spacial score (nSPS) is 11.0. The number of aromatic nitrogens is 4. The molecule has 4 aromatic rings. The van der Waals surface area contributed by atoms with Crippen LogP contribution in [0.2, 0.25) is 0 Å². The number of halogens is 2. The van der Waals surface area contributed by atoms with Gasteiger partial charge in [-0.25, -0.2) is 4.68 Å². The van der Waals surface area contributed by atoms with Gasteiger partial charge in [0.25, 0.3) is 0 Å². The van der Waals surface area contributed by atoms with Crippen LogP contribution < -0.4 is 0 Å². The summed E-state index contributed by atoms with van der Waals surface area (Å²) in [6.45, 7) is 0.550. The Balaban J connectivity index is 1.64. The highest BCUT2D eigenvalue weighted by atomic mass is 79.9. The van der Waals surface area contributed by atoms with Crippen molar-refractivity contribution >= 4 is 31.9 Å². The molecule has 0 radical (unpaired) electrons. The van der Waals surface area contributed by atoms with E-state index in [-0.39, 0.29) is 0 Å². The van der Waals surface area contributed by atoms with Crippen LogP contribution in [0.25, 0.3) is 22.5 Å². The minimum atomic E-state index is 0.550. The standard InChI is InChI=1S/C19H14Br2N4/c20-16-7-3-1-5-14(16)18-10-12-24(23-18)13-25-19(9-11-22-25)15-6-2-4-8-17(15)21/h1-12H,13H2. The third-order valence-corrected chi connectivity index (χ3v) is 5.32. The lowest BCUT2D eigenvalue weighted by atomic mass is 10.1. The molecule has 4 nitrogen and oxygen atoms in total. The van der Waals surface area contributed by atoms with Gasteiger partial charge in [0, 0.05) is 32.5 Å². The lowest BCUT2D eigenvalue weighted by Gasteiger charge is -2.09. The number of hydrogen-bond donors (Lipinski definition) is 0. The van der Waals surface area contributed by atoms with Crippen molar-refractivity contribution in [3.05, 3.63) is 82.0 Å². The molecular formula is C19H14Br2N4. The quantitative estimate of drug-likeness (QED) is 0.408. The Hall–Kier alpha value is -2.18. The Bertz CT molecular complexity index is 1020. The Morgan fingerprint density at radius 3 is 2.20 bits per heavy atom. The van der Waals surface area contributed by atoms with E-state index < -0.39 is 0 Å². The van der Waals surface area contributed by atoms with Gasteiger partial charge < -0.3 is 0 Å². The maximum Gasteiger partial charge on any atom is 0.133 e. The van der Waals surface area contributed by atoms with E-state index in [4.69, 9.17) is 0 Å². The van der Waals surface area contributed by atoms with E-state index in [0.717, 1.165) is 31.5 Å². The monoisotopic (exact) mass is 456 g/mol. The van der Waals surface area contributed by atoms with Crippen molar-refractivity contribution in [3.8, 4) is 22.5 Å². The fourth-order valence-electron chi connectivity index (χ4n) is 2.73. The first kappa shape index (κ1) is 16.3. The molecule has 0 aliphatic carbocycles. The van der Waals surface area contributed by atoms with Gasteiger partial charge in [0.1, 0.15) is 6.67 Å². The van der Waals surface area contributed by atoms with E-state index in [1.165, 1.54) is 0 Å². The molecule has 0 unspecified atom stereocenters. The minimum Gasteiger partial charge on any atom is -0.250 e. The highest BCUT2D eigenvalue weighted by molar-refractivity contribution is 9.11. The average molecular weight is 458 g/mol. The smallest absolute Gasteiger partial charge is 0.133 e. The van der Waals surface area contributed by atoms with Crippen molar-refractivity contribution in [2.24, 2.45) is 0 Å². The van der Waals surface area contributed by atoms with E-state index in [9.17, 15) is 0 Å². The highest BCUT2D eigenvalue weighted by Gasteiger charge is 2.10. The Kier molecular flexibility index (Phi) is 4.55. The molecule has 0 saturated carbocycles. The molecule has 6 heteroatoms. The van der Waals surface area contributed by atoms with Gasteiger partial charge >= 0.3 is 0 Å². The molecule has 0 N–H and O–H groups in total. The third kappa shape index (κ3) is 3.32. The molecule has 0 aliphatic heterocycles. The number of nitrogens with zero attached hydrogens (tertiary/aromatic N) is 4. The zero-order valence-electron chi connectivity index (χ0n) is 13.2. The van der Waals surface area contributed by atoms with Crippen LogP contribution in [0.5, 0.6) is 0 Å². The molecule has 2 aromatic carbocycles. The van der Waals surface area contributed by atoms with Crippen LogP contribution >= 0.6 is 31.9 Å².